The summed E-state index contributed by atoms with van der Waals surface area (Å²) in [5.74, 6) is 1.61. The number of sulfonamides is 1. The molecule has 2 aromatic carbocycles. The minimum absolute atomic E-state index is 0.210. The minimum Gasteiger partial charge on any atom is -0.496 e. The summed E-state index contributed by atoms with van der Waals surface area (Å²) in [6.45, 7) is 4.22. The van der Waals surface area contributed by atoms with E-state index in [1.807, 2.05) is 26.0 Å². The van der Waals surface area contributed by atoms with E-state index in [0.717, 1.165) is 23.3 Å². The lowest BCUT2D eigenvalue weighted by Crippen LogP contribution is -2.26. The molecular weight excluding hydrogens is 338 g/mol. The average molecular weight is 361 g/mol. The van der Waals surface area contributed by atoms with Gasteiger partial charge in [-0.1, -0.05) is 12.1 Å². The molecule has 6 heteroatoms. The number of methoxy groups -OCH3 is 1. The molecule has 0 aromatic heterocycles. The molecule has 2 aromatic rings. The third-order valence-corrected chi connectivity index (χ3v) is 5.80. The summed E-state index contributed by atoms with van der Waals surface area (Å²) >= 11 is 0. The van der Waals surface area contributed by atoms with E-state index in [9.17, 15) is 8.42 Å². The Bertz CT molecular complexity index is 877. The zero-order chi connectivity index (χ0) is 18.0. The lowest BCUT2D eigenvalue weighted by molar-refractivity contribution is 0.254. The van der Waals surface area contributed by atoms with Crippen LogP contribution in [0.1, 0.15) is 23.6 Å². The zero-order valence-electron chi connectivity index (χ0n) is 14.7. The van der Waals surface area contributed by atoms with Crippen LogP contribution in [-0.2, 0) is 22.9 Å². The van der Waals surface area contributed by atoms with Gasteiger partial charge in [-0.15, -0.1) is 0 Å². The number of hydrogen-bond acceptors (Lipinski definition) is 4. The standard InChI is InChI=1S/C19H23NO4S/c1-13-10-17(5-7-18(13)23-3)25(21,22)20-9-8-15-4-6-19-16(12-15)11-14(2)24-19/h4-7,10,12,14,20H,8-9,11H2,1-3H3. The van der Waals surface area contributed by atoms with E-state index in [-0.39, 0.29) is 11.0 Å². The Morgan fingerprint density at radius 1 is 1.24 bits per heavy atom. The molecule has 134 valence electrons. The highest BCUT2D eigenvalue weighted by atomic mass is 32.2. The predicted octanol–water partition coefficient (Wildman–Crippen LogP) is 2.85. The summed E-state index contributed by atoms with van der Waals surface area (Å²) in [7, 11) is -1.96. The van der Waals surface area contributed by atoms with Gasteiger partial charge in [0.05, 0.1) is 12.0 Å². The molecule has 1 aliphatic rings. The van der Waals surface area contributed by atoms with Crippen LogP contribution in [0.3, 0.4) is 0 Å². The maximum Gasteiger partial charge on any atom is 0.240 e. The fourth-order valence-corrected chi connectivity index (χ4v) is 4.18. The van der Waals surface area contributed by atoms with Crippen LogP contribution in [0.2, 0.25) is 0 Å². The summed E-state index contributed by atoms with van der Waals surface area (Å²) < 4.78 is 38.4. The number of benzene rings is 2. The number of hydrogen-bond donors (Lipinski definition) is 1. The Balaban J connectivity index is 1.63. The fourth-order valence-electron chi connectivity index (χ4n) is 3.06. The molecule has 1 aliphatic heterocycles. The van der Waals surface area contributed by atoms with Gasteiger partial charge >= 0.3 is 0 Å². The highest BCUT2D eigenvalue weighted by Gasteiger charge is 2.19. The molecule has 5 nitrogen and oxygen atoms in total. The highest BCUT2D eigenvalue weighted by Crippen LogP contribution is 2.29. The molecule has 1 heterocycles. The molecule has 25 heavy (non-hydrogen) atoms. The van der Waals surface area contributed by atoms with Crippen LogP contribution in [0.25, 0.3) is 0 Å². The molecule has 1 atom stereocenters. The summed E-state index contributed by atoms with van der Waals surface area (Å²) in [5.41, 5.74) is 3.09. The van der Waals surface area contributed by atoms with Crippen LogP contribution >= 0.6 is 0 Å². The number of nitrogens with one attached hydrogen (secondary N) is 1. The number of ether oxygens (including phenoxy) is 2. The molecule has 0 saturated carbocycles. The van der Waals surface area contributed by atoms with Gasteiger partial charge in [-0.3, -0.25) is 0 Å². The molecule has 0 amide bonds. The summed E-state index contributed by atoms with van der Waals surface area (Å²) in [6, 6.07) is 10.9. The third kappa shape index (κ3) is 3.96. The van der Waals surface area contributed by atoms with Gasteiger partial charge in [-0.05, 0) is 61.2 Å². The lowest BCUT2D eigenvalue weighted by Gasteiger charge is -2.10. The Labute approximate surface area is 149 Å². The largest absolute Gasteiger partial charge is 0.496 e. The van der Waals surface area contributed by atoms with E-state index in [0.29, 0.717) is 18.7 Å². The van der Waals surface area contributed by atoms with E-state index in [1.165, 1.54) is 5.56 Å². The molecule has 0 radical (unpaired) electrons. The van der Waals surface area contributed by atoms with Crippen molar-refractivity contribution in [2.24, 2.45) is 0 Å². The predicted molar refractivity (Wildman–Crippen MR) is 96.9 cm³/mol. The van der Waals surface area contributed by atoms with Crippen molar-refractivity contribution in [2.45, 2.75) is 37.7 Å². The normalized spacial score (nSPS) is 16.4. The van der Waals surface area contributed by atoms with Crippen molar-refractivity contribution in [3.8, 4) is 11.5 Å². The van der Waals surface area contributed by atoms with Gasteiger partial charge in [0.25, 0.3) is 0 Å². The smallest absolute Gasteiger partial charge is 0.240 e. The van der Waals surface area contributed by atoms with Gasteiger partial charge < -0.3 is 9.47 Å². The van der Waals surface area contributed by atoms with Gasteiger partial charge in [0.15, 0.2) is 0 Å². The molecule has 0 bridgehead atoms. The van der Waals surface area contributed by atoms with Crippen molar-refractivity contribution in [1.82, 2.24) is 4.72 Å². The zero-order valence-corrected chi connectivity index (χ0v) is 15.5. The Morgan fingerprint density at radius 3 is 2.76 bits per heavy atom. The van der Waals surface area contributed by atoms with Crippen molar-refractivity contribution in [3.63, 3.8) is 0 Å². The van der Waals surface area contributed by atoms with E-state index in [4.69, 9.17) is 9.47 Å². The molecule has 0 aliphatic carbocycles. The minimum atomic E-state index is -3.53. The molecule has 1 N–H and O–H groups in total. The van der Waals surface area contributed by atoms with Crippen LogP contribution in [0, 0.1) is 6.92 Å². The maximum absolute atomic E-state index is 12.4. The topological polar surface area (TPSA) is 64.6 Å². The van der Waals surface area contributed by atoms with Gasteiger partial charge in [0.2, 0.25) is 10.0 Å². The van der Waals surface area contributed by atoms with E-state index in [1.54, 1.807) is 25.3 Å². The van der Waals surface area contributed by atoms with Gasteiger partial charge in [-0.2, -0.15) is 0 Å². The van der Waals surface area contributed by atoms with Crippen LogP contribution in [0.4, 0.5) is 0 Å². The molecule has 3 rings (SSSR count). The monoisotopic (exact) mass is 361 g/mol. The first-order valence-electron chi connectivity index (χ1n) is 8.32. The first-order chi connectivity index (χ1) is 11.9. The summed E-state index contributed by atoms with van der Waals surface area (Å²) in [6.07, 6.45) is 1.75. The lowest BCUT2D eigenvalue weighted by atomic mass is 10.1. The molecule has 0 fully saturated rings. The first-order valence-corrected chi connectivity index (χ1v) is 9.80. The second kappa shape index (κ2) is 7.06. The molecule has 0 saturated heterocycles. The van der Waals surface area contributed by atoms with Gasteiger partial charge in [-0.25, -0.2) is 13.1 Å². The van der Waals surface area contributed by atoms with Crippen LogP contribution in [-0.4, -0.2) is 28.2 Å². The average Bonchev–Trinajstić information content (AvgIpc) is 2.94. The fraction of sp³-hybridized carbons (Fsp3) is 0.368. The summed E-state index contributed by atoms with van der Waals surface area (Å²) in [4.78, 5) is 0.252. The SMILES string of the molecule is COc1ccc(S(=O)(=O)NCCc2ccc3c(c2)CC(C)O3)cc1C. The van der Waals surface area contributed by atoms with Crippen molar-refractivity contribution >= 4 is 10.0 Å². The Kier molecular flexibility index (Phi) is 5.01. The van der Waals surface area contributed by atoms with Crippen molar-refractivity contribution in [2.75, 3.05) is 13.7 Å². The maximum atomic E-state index is 12.4. The third-order valence-electron chi connectivity index (χ3n) is 4.34. The quantitative estimate of drug-likeness (QED) is 0.859. The summed E-state index contributed by atoms with van der Waals surface area (Å²) in [5, 5.41) is 0. The molecule has 1 unspecified atom stereocenters. The number of aryl methyl sites for hydroxylation is 1. The van der Waals surface area contributed by atoms with Crippen LogP contribution < -0.4 is 14.2 Å². The van der Waals surface area contributed by atoms with Crippen molar-refractivity contribution < 1.29 is 17.9 Å². The second-order valence-corrected chi connectivity index (χ2v) is 8.12. The second-order valence-electron chi connectivity index (χ2n) is 6.35. The molecule has 0 spiro atoms. The van der Waals surface area contributed by atoms with Crippen molar-refractivity contribution in [1.29, 1.82) is 0 Å². The van der Waals surface area contributed by atoms with E-state index in [2.05, 4.69) is 10.8 Å². The van der Waals surface area contributed by atoms with Crippen LogP contribution in [0.5, 0.6) is 11.5 Å². The number of fused-ring (bicyclic) bond motifs is 1. The van der Waals surface area contributed by atoms with E-state index >= 15 is 0 Å². The van der Waals surface area contributed by atoms with E-state index < -0.39 is 10.0 Å². The first kappa shape index (κ1) is 17.8. The van der Waals surface area contributed by atoms with Gasteiger partial charge in [0.1, 0.15) is 17.6 Å². The van der Waals surface area contributed by atoms with Crippen molar-refractivity contribution in [3.05, 3.63) is 53.1 Å². The number of rotatable bonds is 6. The highest BCUT2D eigenvalue weighted by molar-refractivity contribution is 7.89. The molecular formula is C19H23NO4S. The van der Waals surface area contributed by atoms with Gasteiger partial charge in [0, 0.05) is 13.0 Å². The van der Waals surface area contributed by atoms with Crippen LogP contribution in [0.15, 0.2) is 41.3 Å². The Morgan fingerprint density at radius 2 is 2.04 bits per heavy atom. The Hall–Kier alpha value is -2.05.